The summed E-state index contributed by atoms with van der Waals surface area (Å²) < 4.78 is 10.9. The Balaban J connectivity index is 1.99. The van der Waals surface area contributed by atoms with Crippen LogP contribution in [0.2, 0.25) is 10.0 Å². The van der Waals surface area contributed by atoms with Crippen LogP contribution < -0.4 is 20.3 Å². The molecule has 0 aliphatic rings. The average molecular weight is 423 g/mol. The van der Waals surface area contributed by atoms with Crippen LogP contribution in [-0.2, 0) is 4.79 Å². The van der Waals surface area contributed by atoms with Crippen LogP contribution >= 0.6 is 23.2 Å². The number of ether oxygens (including phenoxy) is 2. The van der Waals surface area contributed by atoms with E-state index in [4.69, 9.17) is 32.7 Å². The first-order valence-corrected chi connectivity index (χ1v) is 9.24. The first kappa shape index (κ1) is 21.6. The summed E-state index contributed by atoms with van der Waals surface area (Å²) in [5, 5.41) is 0.804. The molecule has 0 aliphatic carbocycles. The van der Waals surface area contributed by atoms with Crippen molar-refractivity contribution >= 4 is 41.1 Å². The standard InChI is InChI=1S/C20H20Cl2N2O4/c1-3-9-28-19-16(22)10-13(11-17(19)27-2)7-8-18(25)23-24-20(26)14-5-4-6-15(21)12-14/h4-8,10-12H,3,9H2,1-2H3,(H,23,25)(H,24,26)/b8-7+. The molecule has 0 bridgehead atoms. The van der Waals surface area contributed by atoms with Gasteiger partial charge >= 0.3 is 0 Å². The van der Waals surface area contributed by atoms with Gasteiger partial charge in [0.2, 0.25) is 0 Å². The number of hydrazine groups is 1. The number of carbonyl (C=O) groups excluding carboxylic acids is 2. The van der Waals surface area contributed by atoms with Crippen LogP contribution in [0.15, 0.2) is 42.5 Å². The minimum Gasteiger partial charge on any atom is -0.493 e. The SMILES string of the molecule is CCCOc1c(Cl)cc(/C=C/C(=O)NNC(=O)c2cccc(Cl)c2)cc1OC. The highest BCUT2D eigenvalue weighted by atomic mass is 35.5. The zero-order chi connectivity index (χ0) is 20.5. The highest BCUT2D eigenvalue weighted by molar-refractivity contribution is 6.32. The molecule has 0 heterocycles. The van der Waals surface area contributed by atoms with E-state index >= 15 is 0 Å². The van der Waals surface area contributed by atoms with Gasteiger partial charge in [0.1, 0.15) is 0 Å². The molecule has 2 aromatic rings. The van der Waals surface area contributed by atoms with Crippen molar-refractivity contribution in [2.24, 2.45) is 0 Å². The second-order valence-electron chi connectivity index (χ2n) is 5.67. The fourth-order valence-electron chi connectivity index (χ4n) is 2.21. The summed E-state index contributed by atoms with van der Waals surface area (Å²) in [6.45, 7) is 2.50. The second-order valence-corrected chi connectivity index (χ2v) is 6.51. The number of halogens is 2. The summed E-state index contributed by atoms with van der Waals surface area (Å²) in [4.78, 5) is 23.9. The van der Waals surface area contributed by atoms with Crippen molar-refractivity contribution in [1.29, 1.82) is 0 Å². The molecule has 6 nitrogen and oxygen atoms in total. The van der Waals surface area contributed by atoms with Gasteiger partial charge in [-0.05, 0) is 48.4 Å². The van der Waals surface area contributed by atoms with Gasteiger partial charge in [0.25, 0.3) is 11.8 Å². The molecule has 0 saturated heterocycles. The maximum absolute atomic E-state index is 12.0. The monoisotopic (exact) mass is 422 g/mol. The Labute approximate surface area is 173 Å². The van der Waals surface area contributed by atoms with Crippen LogP contribution in [0.1, 0.15) is 29.3 Å². The van der Waals surface area contributed by atoms with Gasteiger partial charge in [-0.2, -0.15) is 0 Å². The summed E-state index contributed by atoms with van der Waals surface area (Å²) in [6.07, 6.45) is 3.64. The van der Waals surface area contributed by atoms with E-state index in [1.54, 1.807) is 36.4 Å². The van der Waals surface area contributed by atoms with Gasteiger partial charge in [0, 0.05) is 16.7 Å². The van der Waals surface area contributed by atoms with E-state index in [1.165, 1.54) is 19.3 Å². The predicted molar refractivity (Wildman–Crippen MR) is 110 cm³/mol. The van der Waals surface area contributed by atoms with Gasteiger partial charge in [-0.15, -0.1) is 0 Å². The van der Waals surface area contributed by atoms with Crippen LogP contribution in [0.3, 0.4) is 0 Å². The summed E-state index contributed by atoms with van der Waals surface area (Å²) in [7, 11) is 1.51. The van der Waals surface area contributed by atoms with E-state index in [0.717, 1.165) is 6.42 Å². The van der Waals surface area contributed by atoms with Crippen molar-refractivity contribution in [3.8, 4) is 11.5 Å². The number of carbonyl (C=O) groups is 2. The van der Waals surface area contributed by atoms with Gasteiger partial charge in [-0.25, -0.2) is 0 Å². The molecule has 148 valence electrons. The van der Waals surface area contributed by atoms with Crippen molar-refractivity contribution in [3.63, 3.8) is 0 Å². The van der Waals surface area contributed by atoms with Crippen molar-refractivity contribution in [3.05, 3.63) is 63.6 Å². The molecule has 2 amide bonds. The van der Waals surface area contributed by atoms with Crippen molar-refractivity contribution in [1.82, 2.24) is 10.9 Å². The normalized spacial score (nSPS) is 10.6. The number of benzene rings is 2. The van der Waals surface area contributed by atoms with Crippen LogP contribution in [0.5, 0.6) is 11.5 Å². The Bertz CT molecular complexity index is 885. The average Bonchev–Trinajstić information content (AvgIpc) is 2.69. The lowest BCUT2D eigenvalue weighted by Crippen LogP contribution is -2.40. The number of rotatable bonds is 7. The van der Waals surface area contributed by atoms with Crippen LogP contribution in [0, 0.1) is 0 Å². The van der Waals surface area contributed by atoms with Crippen molar-refractivity contribution in [2.75, 3.05) is 13.7 Å². The lowest BCUT2D eigenvalue weighted by Gasteiger charge is -2.12. The Kier molecular flexibility index (Phi) is 8.17. The molecule has 0 saturated carbocycles. The van der Waals surface area contributed by atoms with Crippen molar-refractivity contribution in [2.45, 2.75) is 13.3 Å². The molecule has 0 radical (unpaired) electrons. The molecular formula is C20H20Cl2N2O4. The number of hydrogen-bond acceptors (Lipinski definition) is 4. The van der Waals surface area contributed by atoms with Gasteiger partial charge < -0.3 is 9.47 Å². The Hall–Kier alpha value is -2.70. The lowest BCUT2D eigenvalue weighted by atomic mass is 10.2. The first-order chi connectivity index (χ1) is 13.4. The maximum Gasteiger partial charge on any atom is 0.269 e. The van der Waals surface area contributed by atoms with Gasteiger partial charge in [0.05, 0.1) is 18.7 Å². The highest BCUT2D eigenvalue weighted by Gasteiger charge is 2.11. The second kappa shape index (κ2) is 10.6. The Morgan fingerprint density at radius 3 is 2.61 bits per heavy atom. The van der Waals surface area contributed by atoms with E-state index in [-0.39, 0.29) is 0 Å². The molecule has 0 unspecified atom stereocenters. The molecule has 8 heteroatoms. The molecule has 0 atom stereocenters. The predicted octanol–water partition coefficient (Wildman–Crippen LogP) is 4.27. The van der Waals surface area contributed by atoms with E-state index in [1.807, 2.05) is 6.92 Å². The maximum atomic E-state index is 12.0. The molecule has 28 heavy (non-hydrogen) atoms. The molecule has 2 rings (SSSR count). The Morgan fingerprint density at radius 2 is 1.93 bits per heavy atom. The summed E-state index contributed by atoms with van der Waals surface area (Å²) >= 11 is 12.1. The largest absolute Gasteiger partial charge is 0.493 e. The zero-order valence-corrected chi connectivity index (χ0v) is 16.9. The number of nitrogens with one attached hydrogen (secondary N) is 2. The minimum absolute atomic E-state index is 0.330. The summed E-state index contributed by atoms with van der Waals surface area (Å²) in [6, 6.07) is 9.73. The van der Waals surface area contributed by atoms with E-state index in [9.17, 15) is 9.59 Å². The van der Waals surface area contributed by atoms with Crippen LogP contribution in [0.25, 0.3) is 6.08 Å². The topological polar surface area (TPSA) is 76.7 Å². The fraction of sp³-hybridized carbons (Fsp3) is 0.200. The molecule has 2 aromatic carbocycles. The fourth-order valence-corrected chi connectivity index (χ4v) is 2.68. The van der Waals surface area contributed by atoms with Crippen LogP contribution in [0.4, 0.5) is 0 Å². The molecule has 2 N–H and O–H groups in total. The number of amides is 2. The number of hydrogen-bond donors (Lipinski definition) is 2. The van der Waals surface area contributed by atoms with Gasteiger partial charge in [0.15, 0.2) is 11.5 Å². The highest BCUT2D eigenvalue weighted by Crippen LogP contribution is 2.36. The van der Waals surface area contributed by atoms with E-state index < -0.39 is 11.8 Å². The third kappa shape index (κ3) is 6.18. The van der Waals surface area contributed by atoms with Gasteiger partial charge in [-0.1, -0.05) is 36.2 Å². The lowest BCUT2D eigenvalue weighted by molar-refractivity contribution is -0.117. The molecular weight excluding hydrogens is 403 g/mol. The molecule has 0 aliphatic heterocycles. The quantitative estimate of drug-likeness (QED) is 0.515. The summed E-state index contributed by atoms with van der Waals surface area (Å²) in [5.74, 6) is -0.0696. The number of methoxy groups -OCH3 is 1. The summed E-state index contributed by atoms with van der Waals surface area (Å²) in [5.41, 5.74) is 5.58. The Morgan fingerprint density at radius 1 is 1.14 bits per heavy atom. The van der Waals surface area contributed by atoms with E-state index in [2.05, 4.69) is 10.9 Å². The first-order valence-electron chi connectivity index (χ1n) is 8.49. The molecule has 0 fully saturated rings. The smallest absolute Gasteiger partial charge is 0.269 e. The zero-order valence-electron chi connectivity index (χ0n) is 15.4. The van der Waals surface area contributed by atoms with Gasteiger partial charge in [-0.3, -0.25) is 20.4 Å². The van der Waals surface area contributed by atoms with Crippen LogP contribution in [-0.4, -0.2) is 25.5 Å². The third-order valence-corrected chi connectivity index (χ3v) is 4.03. The van der Waals surface area contributed by atoms with Crippen molar-refractivity contribution < 1.29 is 19.1 Å². The third-order valence-electron chi connectivity index (χ3n) is 3.52. The van der Waals surface area contributed by atoms with E-state index in [0.29, 0.717) is 39.3 Å². The molecule has 0 aromatic heterocycles. The molecule has 0 spiro atoms. The minimum atomic E-state index is -0.517.